The number of rotatable bonds is 7. The van der Waals surface area contributed by atoms with Gasteiger partial charge in [0, 0.05) is 19.8 Å². The Balaban J connectivity index is 2.08. The van der Waals surface area contributed by atoms with Crippen molar-refractivity contribution in [3.63, 3.8) is 0 Å². The Morgan fingerprint density at radius 3 is 2.52 bits per heavy atom. The van der Waals surface area contributed by atoms with Crippen molar-refractivity contribution in [3.05, 3.63) is 0 Å². The molecule has 3 atom stereocenters. The van der Waals surface area contributed by atoms with Gasteiger partial charge in [-0.25, -0.2) is 0 Å². The molecule has 3 unspecified atom stereocenters. The number of amides is 1. The lowest BCUT2D eigenvalue weighted by molar-refractivity contribution is -0.133. The van der Waals surface area contributed by atoms with Crippen LogP contribution in [0.4, 0.5) is 0 Å². The number of carbonyl (C=O) groups is 1. The highest BCUT2D eigenvalue weighted by Crippen LogP contribution is 2.34. The monoisotopic (exact) mass is 296 g/mol. The summed E-state index contributed by atoms with van der Waals surface area (Å²) < 4.78 is 5.20. The number of nitrogens with one attached hydrogen (secondary N) is 1. The third-order valence-electron chi connectivity index (χ3n) is 4.99. The number of carbonyl (C=O) groups excluding carboxylic acids is 1. The average Bonchev–Trinajstić information content (AvgIpc) is 3.05. The minimum atomic E-state index is 0.0144. The van der Waals surface area contributed by atoms with Crippen LogP contribution < -0.4 is 5.32 Å². The average molecular weight is 296 g/mol. The zero-order chi connectivity index (χ0) is 15.4. The van der Waals surface area contributed by atoms with Crippen molar-refractivity contribution in [2.24, 2.45) is 11.8 Å². The predicted molar refractivity (Wildman–Crippen MR) is 84.9 cm³/mol. The molecule has 4 heteroatoms. The molecule has 1 N–H and O–H groups in total. The van der Waals surface area contributed by atoms with Gasteiger partial charge >= 0.3 is 0 Å². The van der Waals surface area contributed by atoms with Crippen molar-refractivity contribution in [2.75, 3.05) is 13.7 Å². The predicted octanol–water partition coefficient (Wildman–Crippen LogP) is 2.77. The van der Waals surface area contributed by atoms with Crippen LogP contribution in [-0.4, -0.2) is 42.8 Å². The first-order valence-electron chi connectivity index (χ1n) is 8.61. The molecule has 122 valence electrons. The molecule has 1 heterocycles. The third-order valence-corrected chi connectivity index (χ3v) is 4.99. The van der Waals surface area contributed by atoms with Crippen molar-refractivity contribution in [3.8, 4) is 0 Å². The lowest BCUT2D eigenvalue weighted by Gasteiger charge is -2.33. The molecule has 0 aromatic heterocycles. The molecule has 1 aliphatic heterocycles. The molecule has 4 nitrogen and oxygen atoms in total. The molecule has 2 rings (SSSR count). The van der Waals surface area contributed by atoms with Gasteiger partial charge in [-0.3, -0.25) is 10.1 Å². The van der Waals surface area contributed by atoms with E-state index in [0.29, 0.717) is 17.7 Å². The second-order valence-electron chi connectivity index (χ2n) is 7.21. The fourth-order valence-corrected chi connectivity index (χ4v) is 3.87. The van der Waals surface area contributed by atoms with Gasteiger partial charge in [0.25, 0.3) is 0 Å². The zero-order valence-electron chi connectivity index (χ0n) is 14.1. The molecule has 2 aliphatic rings. The summed E-state index contributed by atoms with van der Waals surface area (Å²) in [6, 6.07) is 0.272. The standard InChI is InChI=1S/C17H32N2O2/c1-12(2)11-15-17(20)19(13(3)9-10-21-4)16(18-15)14-7-5-6-8-14/h12-16,18H,5-11H2,1-4H3. The Morgan fingerprint density at radius 1 is 1.29 bits per heavy atom. The van der Waals surface area contributed by atoms with Gasteiger partial charge in [0.2, 0.25) is 5.91 Å². The molecule has 1 aliphatic carbocycles. The molecule has 21 heavy (non-hydrogen) atoms. The minimum absolute atomic E-state index is 0.0144. The molecular formula is C17H32N2O2. The molecule has 0 spiro atoms. The number of methoxy groups -OCH3 is 1. The van der Waals surface area contributed by atoms with Crippen LogP contribution in [0.2, 0.25) is 0 Å². The maximum atomic E-state index is 12.8. The van der Waals surface area contributed by atoms with E-state index in [2.05, 4.69) is 31.0 Å². The summed E-state index contributed by atoms with van der Waals surface area (Å²) in [4.78, 5) is 15.0. The topological polar surface area (TPSA) is 41.6 Å². The van der Waals surface area contributed by atoms with Crippen molar-refractivity contribution in [2.45, 2.75) is 77.5 Å². The summed E-state index contributed by atoms with van der Waals surface area (Å²) in [5, 5.41) is 3.66. The van der Waals surface area contributed by atoms with E-state index >= 15 is 0 Å². The Labute approximate surface area is 129 Å². The van der Waals surface area contributed by atoms with Crippen LogP contribution in [0, 0.1) is 11.8 Å². The van der Waals surface area contributed by atoms with E-state index in [4.69, 9.17) is 4.74 Å². The SMILES string of the molecule is COCCC(C)N1C(=O)C(CC(C)C)NC1C1CCCC1. The number of nitrogens with zero attached hydrogens (tertiary/aromatic N) is 1. The summed E-state index contributed by atoms with van der Waals surface area (Å²) in [6.45, 7) is 7.27. The van der Waals surface area contributed by atoms with Gasteiger partial charge in [0.15, 0.2) is 0 Å². The molecule has 0 bridgehead atoms. The van der Waals surface area contributed by atoms with Crippen LogP contribution in [0.15, 0.2) is 0 Å². The second kappa shape index (κ2) is 7.59. The molecule has 1 saturated heterocycles. The Kier molecular flexibility index (Phi) is 6.06. The number of ether oxygens (including phenoxy) is 1. The first-order chi connectivity index (χ1) is 10.0. The summed E-state index contributed by atoms with van der Waals surface area (Å²) in [5.41, 5.74) is 0. The van der Waals surface area contributed by atoms with Gasteiger partial charge in [0.05, 0.1) is 12.2 Å². The van der Waals surface area contributed by atoms with Crippen LogP contribution in [0.25, 0.3) is 0 Å². The first-order valence-corrected chi connectivity index (χ1v) is 8.61. The van der Waals surface area contributed by atoms with E-state index in [1.165, 1.54) is 25.7 Å². The quantitative estimate of drug-likeness (QED) is 0.785. The fraction of sp³-hybridized carbons (Fsp3) is 0.941. The largest absolute Gasteiger partial charge is 0.385 e. The van der Waals surface area contributed by atoms with Gasteiger partial charge in [-0.2, -0.15) is 0 Å². The lowest BCUT2D eigenvalue weighted by Crippen LogP contribution is -2.47. The Hall–Kier alpha value is -0.610. The van der Waals surface area contributed by atoms with E-state index in [-0.39, 0.29) is 18.2 Å². The maximum Gasteiger partial charge on any atom is 0.241 e. The van der Waals surface area contributed by atoms with Crippen molar-refractivity contribution in [1.29, 1.82) is 0 Å². The molecule has 1 saturated carbocycles. The van der Waals surface area contributed by atoms with Gasteiger partial charge in [0.1, 0.15) is 0 Å². The fourth-order valence-electron chi connectivity index (χ4n) is 3.87. The second-order valence-corrected chi connectivity index (χ2v) is 7.21. The maximum absolute atomic E-state index is 12.8. The van der Waals surface area contributed by atoms with Gasteiger partial charge < -0.3 is 9.64 Å². The highest BCUT2D eigenvalue weighted by molar-refractivity contribution is 5.84. The lowest BCUT2D eigenvalue weighted by atomic mass is 10.0. The van der Waals surface area contributed by atoms with Crippen LogP contribution in [0.1, 0.15) is 59.3 Å². The van der Waals surface area contributed by atoms with E-state index in [1.54, 1.807) is 7.11 Å². The van der Waals surface area contributed by atoms with Crippen molar-refractivity contribution < 1.29 is 9.53 Å². The smallest absolute Gasteiger partial charge is 0.241 e. The Bertz CT molecular complexity index is 340. The van der Waals surface area contributed by atoms with Crippen LogP contribution in [-0.2, 0) is 9.53 Å². The first kappa shape index (κ1) is 16.8. The van der Waals surface area contributed by atoms with Crippen molar-refractivity contribution in [1.82, 2.24) is 10.2 Å². The van der Waals surface area contributed by atoms with E-state index in [0.717, 1.165) is 19.4 Å². The highest BCUT2D eigenvalue weighted by Gasteiger charge is 2.44. The third kappa shape index (κ3) is 3.98. The number of hydrogen-bond donors (Lipinski definition) is 1. The normalized spacial score (nSPS) is 28.8. The summed E-state index contributed by atoms with van der Waals surface area (Å²) in [6.07, 6.45) is 7.24. The summed E-state index contributed by atoms with van der Waals surface area (Å²) in [5.74, 6) is 1.49. The molecule has 0 aromatic carbocycles. The van der Waals surface area contributed by atoms with Gasteiger partial charge in [-0.05, 0) is 44.4 Å². The summed E-state index contributed by atoms with van der Waals surface area (Å²) >= 11 is 0. The van der Waals surface area contributed by atoms with E-state index in [1.807, 2.05) is 0 Å². The molecule has 2 fully saturated rings. The van der Waals surface area contributed by atoms with Crippen molar-refractivity contribution >= 4 is 5.91 Å². The minimum Gasteiger partial charge on any atom is -0.385 e. The molecule has 1 amide bonds. The molecule has 0 aromatic rings. The highest BCUT2D eigenvalue weighted by atomic mass is 16.5. The Morgan fingerprint density at radius 2 is 1.95 bits per heavy atom. The summed E-state index contributed by atoms with van der Waals surface area (Å²) in [7, 11) is 1.73. The molecule has 0 radical (unpaired) electrons. The van der Waals surface area contributed by atoms with Gasteiger partial charge in [-0.1, -0.05) is 26.7 Å². The molecular weight excluding hydrogens is 264 g/mol. The van der Waals surface area contributed by atoms with Crippen LogP contribution in [0.3, 0.4) is 0 Å². The number of hydrogen-bond acceptors (Lipinski definition) is 3. The zero-order valence-corrected chi connectivity index (χ0v) is 14.1. The van der Waals surface area contributed by atoms with Gasteiger partial charge in [-0.15, -0.1) is 0 Å². The van der Waals surface area contributed by atoms with Crippen LogP contribution in [0.5, 0.6) is 0 Å². The van der Waals surface area contributed by atoms with E-state index in [9.17, 15) is 4.79 Å². The van der Waals surface area contributed by atoms with E-state index < -0.39 is 0 Å². The van der Waals surface area contributed by atoms with Crippen LogP contribution >= 0.6 is 0 Å².